The number of hydrogen-bond acceptors (Lipinski definition) is 3. The topological polar surface area (TPSA) is 81.0 Å². The predicted molar refractivity (Wildman–Crippen MR) is 73.3 cm³/mol. The molecule has 1 amide bonds. The molecule has 19 heavy (non-hydrogen) atoms. The number of carbonyl (C=O) groups excluding carboxylic acids is 1. The first kappa shape index (κ1) is 13.1. The summed E-state index contributed by atoms with van der Waals surface area (Å²) in [4.78, 5) is 18.0. The van der Waals surface area contributed by atoms with Crippen LogP contribution >= 0.6 is 0 Å². The highest BCUT2D eigenvalue weighted by molar-refractivity contribution is 5.89. The Labute approximate surface area is 111 Å². The van der Waals surface area contributed by atoms with Crippen molar-refractivity contribution in [2.24, 2.45) is 5.73 Å². The van der Waals surface area contributed by atoms with Crippen LogP contribution in [0.3, 0.4) is 0 Å². The molecule has 0 aliphatic rings. The number of imidazole rings is 1. The van der Waals surface area contributed by atoms with Gasteiger partial charge in [-0.2, -0.15) is 0 Å². The number of methoxy groups -OCH3 is 1. The molecule has 0 bridgehead atoms. The molecule has 0 saturated carbocycles. The summed E-state index contributed by atoms with van der Waals surface area (Å²) in [5, 5.41) is 0. The Morgan fingerprint density at radius 1 is 1.32 bits per heavy atom. The molecule has 0 aliphatic carbocycles. The normalized spacial score (nSPS) is 10.5. The van der Waals surface area contributed by atoms with E-state index in [4.69, 9.17) is 10.5 Å². The van der Waals surface area contributed by atoms with E-state index < -0.39 is 5.91 Å². The highest BCUT2D eigenvalue weighted by Crippen LogP contribution is 2.33. The summed E-state index contributed by atoms with van der Waals surface area (Å²) in [5.74, 6) is 0.488. The van der Waals surface area contributed by atoms with Crippen LogP contribution in [0.1, 0.15) is 27.3 Å². The number of benzene rings is 1. The Bertz CT molecular complexity index is 644. The molecule has 0 fully saturated rings. The molecule has 5 nitrogen and oxygen atoms in total. The zero-order chi connectivity index (χ0) is 14.2. The molecule has 0 spiro atoms. The van der Waals surface area contributed by atoms with Gasteiger partial charge >= 0.3 is 0 Å². The number of aromatic nitrogens is 2. The third kappa shape index (κ3) is 2.19. The average molecular weight is 259 g/mol. The van der Waals surface area contributed by atoms with Crippen LogP contribution in [0.2, 0.25) is 0 Å². The van der Waals surface area contributed by atoms with Gasteiger partial charge in [-0.25, -0.2) is 4.98 Å². The molecule has 0 aliphatic heterocycles. The van der Waals surface area contributed by atoms with Gasteiger partial charge in [-0.15, -0.1) is 0 Å². The van der Waals surface area contributed by atoms with E-state index in [1.165, 1.54) is 0 Å². The standard InChI is InChI=1S/C14H17N3O2/c1-7-5-10(8(2)9(3)12(7)19-4)11-6-16-14(17-11)13(15)18/h5-6H,1-4H3,(H2,15,18)(H,16,17). The van der Waals surface area contributed by atoms with Crippen LogP contribution in [0.4, 0.5) is 0 Å². The molecule has 0 atom stereocenters. The number of ether oxygens (including phenoxy) is 1. The molecule has 2 rings (SSSR count). The lowest BCUT2D eigenvalue weighted by atomic mass is 9.97. The number of nitrogens with two attached hydrogens (primary N) is 1. The van der Waals surface area contributed by atoms with Crippen molar-refractivity contribution in [3.8, 4) is 17.0 Å². The smallest absolute Gasteiger partial charge is 0.284 e. The summed E-state index contributed by atoms with van der Waals surface area (Å²) < 4.78 is 5.39. The Morgan fingerprint density at radius 3 is 2.53 bits per heavy atom. The van der Waals surface area contributed by atoms with Crippen LogP contribution in [0, 0.1) is 20.8 Å². The van der Waals surface area contributed by atoms with E-state index in [0.717, 1.165) is 33.7 Å². The van der Waals surface area contributed by atoms with E-state index in [0.29, 0.717) is 0 Å². The van der Waals surface area contributed by atoms with Gasteiger partial charge in [0.05, 0.1) is 19.0 Å². The van der Waals surface area contributed by atoms with Crippen LogP contribution in [-0.2, 0) is 0 Å². The number of nitrogens with one attached hydrogen (secondary N) is 1. The summed E-state index contributed by atoms with van der Waals surface area (Å²) in [5.41, 5.74) is 10.2. The number of aromatic amines is 1. The lowest BCUT2D eigenvalue weighted by Gasteiger charge is -2.14. The molecule has 0 saturated heterocycles. The van der Waals surface area contributed by atoms with Crippen LogP contribution in [-0.4, -0.2) is 23.0 Å². The monoisotopic (exact) mass is 259 g/mol. The second-order valence-electron chi connectivity index (χ2n) is 4.53. The maximum Gasteiger partial charge on any atom is 0.284 e. The predicted octanol–water partition coefficient (Wildman–Crippen LogP) is 2.11. The zero-order valence-electron chi connectivity index (χ0n) is 11.5. The van der Waals surface area contributed by atoms with Crippen molar-refractivity contribution in [1.29, 1.82) is 0 Å². The number of H-pyrrole nitrogens is 1. The van der Waals surface area contributed by atoms with E-state index in [9.17, 15) is 4.79 Å². The van der Waals surface area contributed by atoms with Crippen molar-refractivity contribution in [2.45, 2.75) is 20.8 Å². The molecule has 0 unspecified atom stereocenters. The molecule has 3 N–H and O–H groups in total. The van der Waals surface area contributed by atoms with Gasteiger partial charge in [-0.05, 0) is 43.5 Å². The second kappa shape index (κ2) is 4.76. The van der Waals surface area contributed by atoms with E-state index >= 15 is 0 Å². The fourth-order valence-corrected chi connectivity index (χ4v) is 2.24. The summed E-state index contributed by atoms with van der Waals surface area (Å²) in [6, 6.07) is 2.01. The van der Waals surface area contributed by atoms with Gasteiger partial charge in [0, 0.05) is 5.56 Å². The van der Waals surface area contributed by atoms with Gasteiger partial charge in [0.1, 0.15) is 5.75 Å². The molecule has 1 heterocycles. The van der Waals surface area contributed by atoms with Crippen molar-refractivity contribution < 1.29 is 9.53 Å². The van der Waals surface area contributed by atoms with Gasteiger partial charge in [-0.1, -0.05) is 0 Å². The number of carbonyl (C=O) groups is 1. The lowest BCUT2D eigenvalue weighted by Crippen LogP contribution is -2.12. The molecule has 2 aromatic rings. The van der Waals surface area contributed by atoms with Crippen LogP contribution < -0.4 is 10.5 Å². The fraction of sp³-hybridized carbons (Fsp3) is 0.286. The zero-order valence-corrected chi connectivity index (χ0v) is 11.5. The molecular formula is C14H17N3O2. The first-order valence-electron chi connectivity index (χ1n) is 5.95. The summed E-state index contributed by atoms with van der Waals surface area (Å²) >= 11 is 0. The molecule has 5 heteroatoms. The number of hydrogen-bond donors (Lipinski definition) is 2. The van der Waals surface area contributed by atoms with E-state index in [2.05, 4.69) is 9.97 Å². The number of rotatable bonds is 3. The molecular weight excluding hydrogens is 242 g/mol. The molecule has 1 aromatic carbocycles. The third-order valence-corrected chi connectivity index (χ3v) is 3.33. The number of nitrogens with zero attached hydrogens (tertiary/aromatic N) is 1. The van der Waals surface area contributed by atoms with Gasteiger partial charge < -0.3 is 15.5 Å². The fourth-order valence-electron chi connectivity index (χ4n) is 2.24. The van der Waals surface area contributed by atoms with Gasteiger partial charge in [-0.3, -0.25) is 4.79 Å². The van der Waals surface area contributed by atoms with Crippen LogP contribution in [0.25, 0.3) is 11.3 Å². The van der Waals surface area contributed by atoms with Gasteiger partial charge in [0.2, 0.25) is 0 Å². The van der Waals surface area contributed by atoms with Crippen molar-refractivity contribution in [3.63, 3.8) is 0 Å². The molecule has 100 valence electrons. The van der Waals surface area contributed by atoms with E-state index in [1.54, 1.807) is 13.3 Å². The van der Waals surface area contributed by atoms with Gasteiger partial charge in [0.25, 0.3) is 5.91 Å². The minimum absolute atomic E-state index is 0.167. The Balaban J connectivity index is 2.59. The first-order valence-corrected chi connectivity index (χ1v) is 5.95. The minimum Gasteiger partial charge on any atom is -0.496 e. The Hall–Kier alpha value is -2.30. The van der Waals surface area contributed by atoms with Crippen molar-refractivity contribution in [3.05, 3.63) is 34.8 Å². The SMILES string of the molecule is COc1c(C)cc(-c2cnc(C(N)=O)[nH]2)c(C)c1C. The number of amides is 1. The largest absolute Gasteiger partial charge is 0.496 e. The lowest BCUT2D eigenvalue weighted by molar-refractivity contribution is 0.0991. The second-order valence-corrected chi connectivity index (χ2v) is 4.53. The Morgan fingerprint density at radius 2 is 2.00 bits per heavy atom. The van der Waals surface area contributed by atoms with E-state index in [-0.39, 0.29) is 5.82 Å². The van der Waals surface area contributed by atoms with Crippen molar-refractivity contribution >= 4 is 5.91 Å². The van der Waals surface area contributed by atoms with Crippen molar-refractivity contribution in [2.75, 3.05) is 7.11 Å². The first-order chi connectivity index (χ1) is 8.95. The number of aryl methyl sites for hydroxylation is 1. The third-order valence-electron chi connectivity index (χ3n) is 3.33. The highest BCUT2D eigenvalue weighted by atomic mass is 16.5. The maximum atomic E-state index is 11.1. The van der Waals surface area contributed by atoms with E-state index in [1.807, 2.05) is 26.8 Å². The van der Waals surface area contributed by atoms with Crippen molar-refractivity contribution in [1.82, 2.24) is 9.97 Å². The number of primary amides is 1. The summed E-state index contributed by atoms with van der Waals surface area (Å²) in [6.07, 6.45) is 1.62. The molecule has 1 aromatic heterocycles. The van der Waals surface area contributed by atoms with Gasteiger partial charge in [0.15, 0.2) is 5.82 Å². The highest BCUT2D eigenvalue weighted by Gasteiger charge is 2.14. The summed E-state index contributed by atoms with van der Waals surface area (Å²) in [6.45, 7) is 6.01. The minimum atomic E-state index is -0.564. The van der Waals surface area contributed by atoms with Crippen LogP contribution in [0.5, 0.6) is 5.75 Å². The van der Waals surface area contributed by atoms with Crippen LogP contribution in [0.15, 0.2) is 12.3 Å². The molecule has 0 radical (unpaired) electrons. The Kier molecular flexibility index (Phi) is 3.29. The maximum absolute atomic E-state index is 11.1. The summed E-state index contributed by atoms with van der Waals surface area (Å²) in [7, 11) is 1.66. The quantitative estimate of drug-likeness (QED) is 0.885. The average Bonchev–Trinajstić information content (AvgIpc) is 2.84.